The van der Waals surface area contributed by atoms with E-state index in [-0.39, 0.29) is 0 Å². The molecule has 0 bridgehead atoms. The molecule has 0 aliphatic carbocycles. The summed E-state index contributed by atoms with van der Waals surface area (Å²) in [6.07, 6.45) is -1.51. The summed E-state index contributed by atoms with van der Waals surface area (Å²) in [5.74, 6) is 0. The summed E-state index contributed by atoms with van der Waals surface area (Å²) in [6, 6.07) is 3.86. The molecule has 1 rings (SSSR count). The fourth-order valence-electron chi connectivity index (χ4n) is 1.64. The summed E-state index contributed by atoms with van der Waals surface area (Å²) in [4.78, 5) is 0. The van der Waals surface area contributed by atoms with E-state index < -0.39 is 11.7 Å². The minimum atomic E-state index is -4.27. The van der Waals surface area contributed by atoms with Crippen molar-refractivity contribution >= 4 is 5.57 Å². The van der Waals surface area contributed by atoms with Crippen LogP contribution in [-0.2, 0) is 6.18 Å². The standard InChI is InChI=1S/C13H15F3/c1-4-5-9(2)12-8-11(13(14,15)16)7-6-10(12)3/h5-8H,4H2,1-3H3/b9-5+. The zero-order valence-electron chi connectivity index (χ0n) is 9.65. The van der Waals surface area contributed by atoms with Crippen molar-refractivity contribution in [3.63, 3.8) is 0 Å². The summed E-state index contributed by atoms with van der Waals surface area (Å²) in [5.41, 5.74) is 1.86. The third-order valence-corrected chi connectivity index (χ3v) is 2.50. The lowest BCUT2D eigenvalue weighted by Crippen LogP contribution is -2.05. The first-order valence-electron chi connectivity index (χ1n) is 5.21. The van der Waals surface area contributed by atoms with Crippen molar-refractivity contribution < 1.29 is 13.2 Å². The summed E-state index contributed by atoms with van der Waals surface area (Å²) >= 11 is 0. The molecule has 0 atom stereocenters. The first-order chi connectivity index (χ1) is 7.36. The van der Waals surface area contributed by atoms with Gasteiger partial charge in [-0.05, 0) is 49.1 Å². The van der Waals surface area contributed by atoms with Gasteiger partial charge in [0, 0.05) is 0 Å². The van der Waals surface area contributed by atoms with Crippen molar-refractivity contribution in [3.8, 4) is 0 Å². The molecule has 0 N–H and O–H groups in total. The molecule has 1 aromatic rings. The second-order valence-corrected chi connectivity index (χ2v) is 3.82. The third-order valence-electron chi connectivity index (χ3n) is 2.50. The van der Waals surface area contributed by atoms with Gasteiger partial charge in [-0.25, -0.2) is 0 Å². The Morgan fingerprint density at radius 1 is 1.31 bits per heavy atom. The molecule has 1 aromatic carbocycles. The number of hydrogen-bond donors (Lipinski definition) is 0. The van der Waals surface area contributed by atoms with Gasteiger partial charge < -0.3 is 0 Å². The average Bonchev–Trinajstić information content (AvgIpc) is 2.16. The molecule has 0 saturated carbocycles. The van der Waals surface area contributed by atoms with Crippen molar-refractivity contribution in [1.29, 1.82) is 0 Å². The molecule has 16 heavy (non-hydrogen) atoms. The topological polar surface area (TPSA) is 0 Å². The van der Waals surface area contributed by atoms with E-state index >= 15 is 0 Å². The van der Waals surface area contributed by atoms with E-state index in [0.29, 0.717) is 5.56 Å². The number of hydrogen-bond acceptors (Lipinski definition) is 0. The second kappa shape index (κ2) is 4.73. The van der Waals surface area contributed by atoms with E-state index in [4.69, 9.17) is 0 Å². The maximum atomic E-state index is 12.5. The van der Waals surface area contributed by atoms with Gasteiger partial charge in [0.1, 0.15) is 0 Å². The van der Waals surface area contributed by atoms with Crippen LogP contribution in [0.1, 0.15) is 37.0 Å². The van der Waals surface area contributed by atoms with Gasteiger partial charge in [0.25, 0.3) is 0 Å². The molecule has 0 radical (unpaired) electrons. The SMILES string of the molecule is CC/C=C(\C)c1cc(C(F)(F)F)ccc1C. The Morgan fingerprint density at radius 2 is 1.94 bits per heavy atom. The Bertz CT molecular complexity index is 400. The predicted octanol–water partition coefficient (Wildman–Crippen LogP) is 4.83. The van der Waals surface area contributed by atoms with E-state index in [2.05, 4.69) is 0 Å². The molecule has 0 aliphatic heterocycles. The summed E-state index contributed by atoms with van der Waals surface area (Å²) in [7, 11) is 0. The van der Waals surface area contributed by atoms with Crippen LogP contribution in [-0.4, -0.2) is 0 Å². The Balaban J connectivity index is 3.24. The third kappa shape index (κ3) is 2.87. The van der Waals surface area contributed by atoms with Crippen molar-refractivity contribution in [2.45, 2.75) is 33.4 Å². The highest BCUT2D eigenvalue weighted by Gasteiger charge is 2.30. The fraction of sp³-hybridized carbons (Fsp3) is 0.385. The number of aryl methyl sites for hydroxylation is 1. The van der Waals surface area contributed by atoms with Crippen LogP contribution in [0.5, 0.6) is 0 Å². The van der Waals surface area contributed by atoms with Crippen LogP contribution >= 0.6 is 0 Å². The molecule has 0 spiro atoms. The average molecular weight is 228 g/mol. The molecular weight excluding hydrogens is 213 g/mol. The highest BCUT2D eigenvalue weighted by Crippen LogP contribution is 2.32. The Morgan fingerprint density at radius 3 is 2.44 bits per heavy atom. The highest BCUT2D eigenvalue weighted by molar-refractivity contribution is 5.67. The van der Waals surface area contributed by atoms with E-state index in [1.807, 2.05) is 26.8 Å². The Labute approximate surface area is 93.8 Å². The van der Waals surface area contributed by atoms with Crippen molar-refractivity contribution in [2.75, 3.05) is 0 Å². The maximum Gasteiger partial charge on any atom is 0.416 e. The summed E-state index contributed by atoms with van der Waals surface area (Å²) in [5, 5.41) is 0. The molecule has 0 aromatic heterocycles. The maximum absolute atomic E-state index is 12.5. The van der Waals surface area contributed by atoms with Crippen molar-refractivity contribution in [3.05, 3.63) is 41.0 Å². The van der Waals surface area contributed by atoms with Crippen LogP contribution in [0, 0.1) is 6.92 Å². The zero-order chi connectivity index (χ0) is 12.3. The molecular formula is C13H15F3. The van der Waals surface area contributed by atoms with Gasteiger partial charge in [0.05, 0.1) is 5.56 Å². The molecule has 0 fully saturated rings. The largest absolute Gasteiger partial charge is 0.416 e. The van der Waals surface area contributed by atoms with Gasteiger partial charge in [-0.15, -0.1) is 0 Å². The van der Waals surface area contributed by atoms with Gasteiger partial charge in [0.2, 0.25) is 0 Å². The van der Waals surface area contributed by atoms with Gasteiger partial charge >= 0.3 is 6.18 Å². The van der Waals surface area contributed by atoms with E-state index in [1.54, 1.807) is 0 Å². The van der Waals surface area contributed by atoms with Crippen LogP contribution in [0.4, 0.5) is 13.2 Å². The first-order valence-corrected chi connectivity index (χ1v) is 5.21. The van der Waals surface area contributed by atoms with Crippen LogP contribution in [0.3, 0.4) is 0 Å². The lowest BCUT2D eigenvalue weighted by atomic mass is 9.98. The second-order valence-electron chi connectivity index (χ2n) is 3.82. The van der Waals surface area contributed by atoms with Gasteiger partial charge in [-0.3, -0.25) is 0 Å². The van der Waals surface area contributed by atoms with Crippen LogP contribution in [0.2, 0.25) is 0 Å². The lowest BCUT2D eigenvalue weighted by molar-refractivity contribution is -0.137. The van der Waals surface area contributed by atoms with E-state index in [0.717, 1.165) is 23.6 Å². The highest BCUT2D eigenvalue weighted by atomic mass is 19.4. The Hall–Kier alpha value is -1.25. The molecule has 0 amide bonds. The van der Waals surface area contributed by atoms with E-state index in [1.165, 1.54) is 12.1 Å². The quantitative estimate of drug-likeness (QED) is 0.680. The summed E-state index contributed by atoms with van der Waals surface area (Å²) < 4.78 is 37.6. The predicted molar refractivity (Wildman–Crippen MR) is 60.1 cm³/mol. The van der Waals surface area contributed by atoms with Crippen LogP contribution in [0.25, 0.3) is 5.57 Å². The number of halogens is 3. The fourth-order valence-corrected chi connectivity index (χ4v) is 1.64. The smallest absolute Gasteiger partial charge is 0.166 e. The van der Waals surface area contributed by atoms with Crippen LogP contribution in [0.15, 0.2) is 24.3 Å². The molecule has 0 heterocycles. The van der Waals surface area contributed by atoms with Crippen LogP contribution < -0.4 is 0 Å². The molecule has 0 nitrogen and oxygen atoms in total. The number of alkyl halides is 3. The van der Waals surface area contributed by atoms with Crippen molar-refractivity contribution in [2.24, 2.45) is 0 Å². The summed E-state index contributed by atoms with van der Waals surface area (Å²) in [6.45, 7) is 5.63. The Kier molecular flexibility index (Phi) is 3.79. The number of benzene rings is 1. The zero-order valence-corrected chi connectivity index (χ0v) is 9.65. The number of rotatable bonds is 2. The minimum Gasteiger partial charge on any atom is -0.166 e. The normalized spacial score (nSPS) is 13.0. The van der Waals surface area contributed by atoms with Gasteiger partial charge in [-0.1, -0.05) is 19.1 Å². The minimum absolute atomic E-state index is 0.586. The van der Waals surface area contributed by atoms with Gasteiger partial charge in [-0.2, -0.15) is 13.2 Å². The molecule has 88 valence electrons. The van der Waals surface area contributed by atoms with Crippen molar-refractivity contribution in [1.82, 2.24) is 0 Å². The number of allylic oxidation sites excluding steroid dienone is 2. The van der Waals surface area contributed by atoms with Gasteiger partial charge in [0.15, 0.2) is 0 Å². The first kappa shape index (κ1) is 12.8. The van der Waals surface area contributed by atoms with E-state index in [9.17, 15) is 13.2 Å². The molecule has 3 heteroatoms. The molecule has 0 saturated heterocycles. The monoisotopic (exact) mass is 228 g/mol. The lowest BCUT2D eigenvalue weighted by Gasteiger charge is -2.11. The molecule has 0 aliphatic rings. The molecule has 0 unspecified atom stereocenters.